The molecule has 4 aliphatic rings. The van der Waals surface area contributed by atoms with Crippen molar-refractivity contribution in [2.45, 2.75) is 72.8 Å². The van der Waals surface area contributed by atoms with Crippen LogP contribution in [0.1, 0.15) is 65.4 Å². The van der Waals surface area contributed by atoms with E-state index in [-0.39, 0.29) is 5.92 Å². The van der Waals surface area contributed by atoms with Crippen molar-refractivity contribution in [3.63, 3.8) is 0 Å². The molecule has 3 saturated heterocycles. The van der Waals surface area contributed by atoms with Gasteiger partial charge in [0.2, 0.25) is 0 Å². The third kappa shape index (κ3) is 5.04. The number of aryl methyl sites for hydroxylation is 1. The third-order valence-corrected chi connectivity index (χ3v) is 8.76. The first-order valence-corrected chi connectivity index (χ1v) is 14.8. The Balaban J connectivity index is 1.65. The fourth-order valence-corrected chi connectivity index (χ4v) is 6.53. The molecule has 5 nitrogen and oxygen atoms in total. The number of nitrogens with one attached hydrogen (secondary N) is 1. The maximum atomic E-state index is 9.59. The number of anilines is 1. The summed E-state index contributed by atoms with van der Waals surface area (Å²) < 4.78 is 0. The zero-order valence-corrected chi connectivity index (χ0v) is 24.1. The fourth-order valence-electron chi connectivity index (χ4n) is 6.53. The molecule has 1 aromatic rings. The van der Waals surface area contributed by atoms with Gasteiger partial charge in [0, 0.05) is 62.0 Å². The molecular weight excluding hydrogens is 466 g/mol. The lowest BCUT2D eigenvalue weighted by atomic mass is 9.78. The summed E-state index contributed by atoms with van der Waals surface area (Å²) in [5, 5.41) is 13.3. The molecular formula is C33H45N5. The van der Waals surface area contributed by atoms with Gasteiger partial charge in [0.15, 0.2) is 0 Å². The molecule has 0 radical (unpaired) electrons. The van der Waals surface area contributed by atoms with Gasteiger partial charge >= 0.3 is 0 Å². The van der Waals surface area contributed by atoms with Crippen molar-refractivity contribution in [3.8, 4) is 6.07 Å². The topological polar surface area (TPSA) is 55.5 Å². The molecule has 202 valence electrons. The monoisotopic (exact) mass is 511 g/mol. The van der Waals surface area contributed by atoms with E-state index in [1.165, 1.54) is 39.6 Å². The average molecular weight is 512 g/mol. The van der Waals surface area contributed by atoms with Crippen LogP contribution in [0.3, 0.4) is 0 Å². The van der Waals surface area contributed by atoms with Gasteiger partial charge in [-0.1, -0.05) is 50.6 Å². The molecule has 5 rings (SSSR count). The Morgan fingerprint density at radius 3 is 2.42 bits per heavy atom. The molecule has 0 aromatic heterocycles. The number of hydrogen-bond acceptors (Lipinski definition) is 5. The van der Waals surface area contributed by atoms with E-state index >= 15 is 0 Å². The van der Waals surface area contributed by atoms with Gasteiger partial charge < -0.3 is 15.1 Å². The summed E-state index contributed by atoms with van der Waals surface area (Å²) in [5.41, 5.74) is 9.91. The molecule has 1 unspecified atom stereocenters. The van der Waals surface area contributed by atoms with Gasteiger partial charge in [-0.2, -0.15) is 5.26 Å². The SMILES string of the molecule is CC/C=C(\C)N1CC(C2=C(C3CN3)/C(=C\CCC)N(c3ccccc3C)C(N3CCC(C#N)CC3)=C2C)C1. The highest BCUT2D eigenvalue weighted by Crippen LogP contribution is 2.47. The number of benzene rings is 1. The number of likely N-dealkylation sites (tertiary alicyclic amines) is 2. The number of rotatable bonds is 8. The zero-order valence-electron chi connectivity index (χ0n) is 24.1. The van der Waals surface area contributed by atoms with E-state index in [0.717, 1.165) is 64.8 Å². The van der Waals surface area contributed by atoms with Crippen LogP contribution in [0.2, 0.25) is 0 Å². The number of nitriles is 1. The van der Waals surface area contributed by atoms with Crippen molar-refractivity contribution in [2.24, 2.45) is 11.8 Å². The number of nitrogens with zero attached hydrogens (tertiary/aromatic N) is 4. The summed E-state index contributed by atoms with van der Waals surface area (Å²) in [4.78, 5) is 7.73. The molecule has 0 spiro atoms. The number of unbranched alkanes of at least 4 members (excludes halogenated alkanes) is 1. The van der Waals surface area contributed by atoms with Crippen molar-refractivity contribution >= 4 is 5.69 Å². The second kappa shape index (κ2) is 11.4. The van der Waals surface area contributed by atoms with E-state index in [9.17, 15) is 5.26 Å². The molecule has 0 aliphatic carbocycles. The summed E-state index contributed by atoms with van der Waals surface area (Å²) in [6.45, 7) is 16.5. The van der Waals surface area contributed by atoms with Crippen LogP contribution in [-0.2, 0) is 0 Å². The highest BCUT2D eigenvalue weighted by Gasteiger charge is 2.44. The normalized spacial score (nSPS) is 24.3. The van der Waals surface area contributed by atoms with Crippen LogP contribution in [0.5, 0.6) is 0 Å². The Kier molecular flexibility index (Phi) is 8.00. The largest absolute Gasteiger partial charge is 0.374 e. The predicted molar refractivity (Wildman–Crippen MR) is 157 cm³/mol. The van der Waals surface area contributed by atoms with E-state index in [0.29, 0.717) is 12.0 Å². The molecule has 0 saturated carbocycles. The van der Waals surface area contributed by atoms with Crippen molar-refractivity contribution < 1.29 is 0 Å². The standard InChI is InChI=1S/C33H45N5/c1-6-8-13-30-32(28-20-35-28)31(27-21-37(22-27)24(4)11-7-2)25(5)33(36-17-15-26(19-34)16-18-36)38(30)29-14-10-9-12-23(29)3/h9-14,26-28,35H,6-8,15-18,20-22H2,1-5H3/b24-11+,30-13+. The lowest BCUT2D eigenvalue weighted by Crippen LogP contribution is -2.49. The van der Waals surface area contributed by atoms with Crippen LogP contribution in [0.25, 0.3) is 0 Å². The van der Waals surface area contributed by atoms with E-state index in [1.807, 2.05) is 0 Å². The quantitative estimate of drug-likeness (QED) is 0.405. The summed E-state index contributed by atoms with van der Waals surface area (Å²) >= 11 is 0. The van der Waals surface area contributed by atoms with E-state index in [2.05, 4.69) is 97.1 Å². The molecule has 0 amide bonds. The molecule has 1 N–H and O–H groups in total. The lowest BCUT2D eigenvalue weighted by molar-refractivity contribution is 0.169. The Morgan fingerprint density at radius 2 is 1.82 bits per heavy atom. The summed E-state index contributed by atoms with van der Waals surface area (Å²) in [5.74, 6) is 2.06. The van der Waals surface area contributed by atoms with E-state index in [4.69, 9.17) is 0 Å². The highest BCUT2D eigenvalue weighted by molar-refractivity contribution is 5.73. The van der Waals surface area contributed by atoms with Gasteiger partial charge in [-0.15, -0.1) is 0 Å². The van der Waals surface area contributed by atoms with E-state index < -0.39 is 0 Å². The van der Waals surface area contributed by atoms with Crippen LogP contribution < -0.4 is 10.2 Å². The maximum Gasteiger partial charge on any atom is 0.116 e. The van der Waals surface area contributed by atoms with Crippen LogP contribution in [0, 0.1) is 30.1 Å². The smallest absolute Gasteiger partial charge is 0.116 e. The molecule has 3 fully saturated rings. The molecule has 4 heterocycles. The number of hydrogen-bond donors (Lipinski definition) is 1. The molecule has 1 atom stereocenters. The zero-order chi connectivity index (χ0) is 26.8. The van der Waals surface area contributed by atoms with Crippen LogP contribution >= 0.6 is 0 Å². The van der Waals surface area contributed by atoms with Crippen molar-refractivity contribution in [3.05, 3.63) is 75.9 Å². The Morgan fingerprint density at radius 1 is 1.11 bits per heavy atom. The molecule has 38 heavy (non-hydrogen) atoms. The van der Waals surface area contributed by atoms with Gasteiger partial charge in [0.25, 0.3) is 0 Å². The minimum Gasteiger partial charge on any atom is -0.374 e. The second-order valence-electron chi connectivity index (χ2n) is 11.5. The predicted octanol–water partition coefficient (Wildman–Crippen LogP) is 6.48. The maximum absolute atomic E-state index is 9.59. The highest BCUT2D eigenvalue weighted by atomic mass is 15.4. The second-order valence-corrected chi connectivity index (χ2v) is 11.5. The van der Waals surface area contributed by atoms with Gasteiger partial charge in [-0.25, -0.2) is 0 Å². The van der Waals surface area contributed by atoms with Gasteiger partial charge in [-0.3, -0.25) is 4.90 Å². The first-order chi connectivity index (χ1) is 18.5. The van der Waals surface area contributed by atoms with Crippen LogP contribution in [0.4, 0.5) is 5.69 Å². The first kappa shape index (κ1) is 26.6. The van der Waals surface area contributed by atoms with Crippen molar-refractivity contribution in [1.29, 1.82) is 5.26 Å². The van der Waals surface area contributed by atoms with Gasteiger partial charge in [0.05, 0.1) is 11.8 Å². The molecule has 5 heteroatoms. The van der Waals surface area contributed by atoms with Crippen LogP contribution in [-0.4, -0.2) is 48.6 Å². The molecule has 0 bridgehead atoms. The Bertz CT molecular complexity index is 1190. The van der Waals surface area contributed by atoms with Crippen molar-refractivity contribution in [1.82, 2.24) is 15.1 Å². The molecule has 4 aliphatic heterocycles. The Labute approximate surface area is 230 Å². The summed E-state index contributed by atoms with van der Waals surface area (Å²) in [6, 6.07) is 11.8. The summed E-state index contributed by atoms with van der Waals surface area (Å²) in [6.07, 6.45) is 10.0. The number of piperidine rings is 1. The van der Waals surface area contributed by atoms with E-state index in [1.54, 1.807) is 5.57 Å². The minimum absolute atomic E-state index is 0.174. The first-order valence-electron chi connectivity index (χ1n) is 14.8. The number of allylic oxidation sites excluding steroid dienone is 4. The lowest BCUT2D eigenvalue weighted by Gasteiger charge is -2.49. The fraction of sp³-hybridized carbons (Fsp3) is 0.545. The van der Waals surface area contributed by atoms with Crippen LogP contribution in [0.15, 0.2) is 70.4 Å². The Hall–Kier alpha value is -2.97. The molecule has 1 aromatic carbocycles. The average Bonchev–Trinajstić information content (AvgIpc) is 3.73. The summed E-state index contributed by atoms with van der Waals surface area (Å²) in [7, 11) is 0. The number of para-hydroxylation sites is 1. The minimum atomic E-state index is 0.174. The van der Waals surface area contributed by atoms with Gasteiger partial charge in [0.1, 0.15) is 5.82 Å². The van der Waals surface area contributed by atoms with Gasteiger partial charge in [-0.05, 0) is 74.8 Å². The van der Waals surface area contributed by atoms with Crippen molar-refractivity contribution in [2.75, 3.05) is 37.6 Å². The third-order valence-electron chi connectivity index (χ3n) is 8.76.